The van der Waals surface area contributed by atoms with Crippen LogP contribution < -0.4 is 19.7 Å². The summed E-state index contributed by atoms with van der Waals surface area (Å²) in [6.45, 7) is 8.18. The Morgan fingerprint density at radius 2 is 2.21 bits per heavy atom. The van der Waals surface area contributed by atoms with Crippen molar-refractivity contribution >= 4 is 16.7 Å². The van der Waals surface area contributed by atoms with Crippen molar-refractivity contribution in [1.82, 2.24) is 25.2 Å². The van der Waals surface area contributed by atoms with Crippen LogP contribution in [0.15, 0.2) is 18.3 Å². The number of nitrogens with zero attached hydrogens (tertiary/aromatic N) is 5. The third-order valence-corrected chi connectivity index (χ3v) is 8.27. The molecule has 0 spiro atoms. The molecule has 5 aliphatic heterocycles. The molecule has 34 heavy (non-hydrogen) atoms. The van der Waals surface area contributed by atoms with Crippen LogP contribution in [0.3, 0.4) is 0 Å². The van der Waals surface area contributed by atoms with Gasteiger partial charge < -0.3 is 19.7 Å². The monoisotopic (exact) mass is 470 g/mol. The summed E-state index contributed by atoms with van der Waals surface area (Å²) < 4.78 is 41.6. The summed E-state index contributed by atoms with van der Waals surface area (Å²) in [6, 6.07) is 0.755. The molecule has 180 valence electrons. The second-order valence-corrected chi connectivity index (χ2v) is 10.6. The molecule has 4 fully saturated rings. The van der Waals surface area contributed by atoms with Crippen LogP contribution in [0.25, 0.3) is 10.9 Å². The van der Waals surface area contributed by atoms with E-state index in [-0.39, 0.29) is 36.3 Å². The van der Waals surface area contributed by atoms with Gasteiger partial charge >= 0.3 is 6.01 Å². The molecule has 2 aromatic heterocycles. The molecular formula is C24H28F2N6O2. The van der Waals surface area contributed by atoms with E-state index in [9.17, 15) is 8.78 Å². The zero-order chi connectivity index (χ0) is 23.2. The number of aromatic nitrogens is 3. The Kier molecular flexibility index (Phi) is 4.40. The molecule has 0 aromatic carbocycles. The van der Waals surface area contributed by atoms with Crippen LogP contribution >= 0.6 is 0 Å². The summed E-state index contributed by atoms with van der Waals surface area (Å²) in [7, 11) is 0. The van der Waals surface area contributed by atoms with E-state index in [2.05, 4.69) is 31.7 Å². The number of piperazine rings is 1. The zero-order valence-corrected chi connectivity index (χ0v) is 19.1. The SMILES string of the molecule is C=C1CN2C[C@H](F)CC2(COc2nc3c4c(ncc(F)c4n2)OC(C)C2C4CCC(CN32)N4)C1. The molecule has 7 rings (SSSR count). The van der Waals surface area contributed by atoms with Crippen LogP contribution in [0.2, 0.25) is 0 Å². The lowest BCUT2D eigenvalue weighted by Gasteiger charge is -2.42. The van der Waals surface area contributed by atoms with E-state index in [0.29, 0.717) is 49.1 Å². The molecule has 4 saturated heterocycles. The van der Waals surface area contributed by atoms with E-state index in [0.717, 1.165) is 31.2 Å². The fraction of sp³-hybridized carbons (Fsp3) is 0.625. The summed E-state index contributed by atoms with van der Waals surface area (Å²) in [5.74, 6) is 0.414. The molecule has 6 atom stereocenters. The number of pyridine rings is 1. The van der Waals surface area contributed by atoms with Gasteiger partial charge in [-0.25, -0.2) is 13.8 Å². The van der Waals surface area contributed by atoms with Gasteiger partial charge in [0.25, 0.3) is 0 Å². The van der Waals surface area contributed by atoms with Gasteiger partial charge in [0.2, 0.25) is 5.88 Å². The number of ether oxygens (including phenoxy) is 2. The molecule has 1 N–H and O–H groups in total. The minimum Gasteiger partial charge on any atom is -0.472 e. The highest BCUT2D eigenvalue weighted by Crippen LogP contribution is 2.44. The summed E-state index contributed by atoms with van der Waals surface area (Å²) in [6.07, 6.45) is 3.32. The fourth-order valence-electron chi connectivity index (χ4n) is 6.94. The van der Waals surface area contributed by atoms with Crippen molar-refractivity contribution in [3.05, 3.63) is 24.2 Å². The molecular weight excluding hydrogens is 442 g/mol. The number of fused-ring (bicyclic) bond motifs is 6. The Balaban J connectivity index is 1.30. The maximum Gasteiger partial charge on any atom is 0.319 e. The smallest absolute Gasteiger partial charge is 0.319 e. The molecule has 0 aliphatic carbocycles. The molecule has 2 bridgehead atoms. The van der Waals surface area contributed by atoms with Gasteiger partial charge in [0.15, 0.2) is 5.82 Å². The first-order valence-corrected chi connectivity index (χ1v) is 12.1. The van der Waals surface area contributed by atoms with Crippen molar-refractivity contribution in [1.29, 1.82) is 0 Å². The van der Waals surface area contributed by atoms with Gasteiger partial charge in [0.05, 0.1) is 17.8 Å². The van der Waals surface area contributed by atoms with Crippen LogP contribution in [0.5, 0.6) is 11.9 Å². The summed E-state index contributed by atoms with van der Waals surface area (Å²) >= 11 is 0. The fourth-order valence-corrected chi connectivity index (χ4v) is 6.94. The summed E-state index contributed by atoms with van der Waals surface area (Å²) in [5.41, 5.74) is 0.774. The van der Waals surface area contributed by atoms with Crippen LogP contribution in [0.1, 0.15) is 32.6 Å². The minimum atomic E-state index is -0.888. The Hall–Kier alpha value is -2.59. The second kappa shape index (κ2) is 7.21. The molecule has 0 saturated carbocycles. The lowest BCUT2D eigenvalue weighted by Crippen LogP contribution is -2.62. The minimum absolute atomic E-state index is 0.0383. The van der Waals surface area contributed by atoms with E-state index >= 15 is 0 Å². The number of halogens is 2. The summed E-state index contributed by atoms with van der Waals surface area (Å²) in [5, 5.41) is 4.17. The number of rotatable bonds is 3. The average molecular weight is 471 g/mol. The maximum absolute atomic E-state index is 15.0. The maximum atomic E-state index is 15.0. The van der Waals surface area contributed by atoms with Gasteiger partial charge in [0, 0.05) is 38.1 Å². The topological polar surface area (TPSA) is 75.6 Å². The highest BCUT2D eigenvalue weighted by atomic mass is 19.1. The lowest BCUT2D eigenvalue weighted by atomic mass is 9.93. The first kappa shape index (κ1) is 20.8. The number of nitrogens with one attached hydrogen (secondary N) is 1. The van der Waals surface area contributed by atoms with Crippen molar-refractivity contribution < 1.29 is 18.3 Å². The molecule has 2 aromatic rings. The predicted octanol–water partition coefficient (Wildman–Crippen LogP) is 2.38. The number of anilines is 1. The molecule has 5 unspecified atom stereocenters. The second-order valence-electron chi connectivity index (χ2n) is 10.6. The van der Waals surface area contributed by atoms with Gasteiger partial charge in [-0.15, -0.1) is 0 Å². The molecule has 5 aliphatic rings. The van der Waals surface area contributed by atoms with Gasteiger partial charge in [-0.3, -0.25) is 4.90 Å². The van der Waals surface area contributed by atoms with E-state index in [1.165, 1.54) is 0 Å². The Morgan fingerprint density at radius 1 is 1.32 bits per heavy atom. The zero-order valence-electron chi connectivity index (χ0n) is 19.1. The third kappa shape index (κ3) is 2.97. The highest BCUT2D eigenvalue weighted by molar-refractivity contribution is 5.95. The molecule has 7 heterocycles. The van der Waals surface area contributed by atoms with Crippen molar-refractivity contribution in [3.8, 4) is 11.9 Å². The van der Waals surface area contributed by atoms with Gasteiger partial charge in [-0.05, 0) is 26.2 Å². The van der Waals surface area contributed by atoms with Gasteiger partial charge in [-0.2, -0.15) is 9.97 Å². The van der Waals surface area contributed by atoms with Crippen molar-refractivity contribution in [3.63, 3.8) is 0 Å². The number of hydrogen-bond acceptors (Lipinski definition) is 8. The summed E-state index contributed by atoms with van der Waals surface area (Å²) in [4.78, 5) is 17.8. The largest absolute Gasteiger partial charge is 0.472 e. The number of hydrogen-bond donors (Lipinski definition) is 1. The first-order chi connectivity index (χ1) is 16.4. The van der Waals surface area contributed by atoms with E-state index in [1.54, 1.807) is 0 Å². The molecule has 10 heteroatoms. The molecule has 0 radical (unpaired) electrons. The van der Waals surface area contributed by atoms with E-state index in [4.69, 9.17) is 14.5 Å². The standard InChI is InChI=1S/C24H28F2N6O2/c1-12-5-24(6-14(25)9-31(24)8-12)11-33-23-29-19-16(26)7-27-22-18(19)21(30-23)32-10-15-3-4-17(28-15)20(32)13(2)34-22/h7,13-15,17,20,28H,1,3-6,8-11H2,2H3/t13?,14-,15?,17?,20?,24?/m1/s1. The Labute approximate surface area is 196 Å². The first-order valence-electron chi connectivity index (χ1n) is 12.1. The number of alkyl halides is 1. The highest BCUT2D eigenvalue weighted by Gasteiger charge is 2.51. The van der Waals surface area contributed by atoms with Gasteiger partial charge in [-0.1, -0.05) is 12.2 Å². The Bertz CT molecular complexity index is 1200. The van der Waals surface area contributed by atoms with Crippen LogP contribution in [0, 0.1) is 5.82 Å². The van der Waals surface area contributed by atoms with Crippen molar-refractivity contribution in [2.24, 2.45) is 0 Å². The van der Waals surface area contributed by atoms with Crippen molar-refractivity contribution in [2.45, 2.75) is 68.5 Å². The van der Waals surface area contributed by atoms with E-state index in [1.807, 2.05) is 6.92 Å². The predicted molar refractivity (Wildman–Crippen MR) is 122 cm³/mol. The van der Waals surface area contributed by atoms with E-state index < -0.39 is 17.5 Å². The van der Waals surface area contributed by atoms with Crippen LogP contribution in [-0.4, -0.2) is 82.0 Å². The quantitative estimate of drug-likeness (QED) is 0.686. The molecule has 8 nitrogen and oxygen atoms in total. The third-order valence-electron chi connectivity index (χ3n) is 8.27. The van der Waals surface area contributed by atoms with Crippen LogP contribution in [-0.2, 0) is 0 Å². The molecule has 0 amide bonds. The Morgan fingerprint density at radius 3 is 3.09 bits per heavy atom. The van der Waals surface area contributed by atoms with Gasteiger partial charge in [0.1, 0.15) is 35.6 Å². The lowest BCUT2D eigenvalue weighted by molar-refractivity contribution is 0.107. The normalized spacial score (nSPS) is 36.4. The van der Waals surface area contributed by atoms with Crippen LogP contribution in [0.4, 0.5) is 14.6 Å². The average Bonchev–Trinajstić information content (AvgIpc) is 3.39. The van der Waals surface area contributed by atoms with Crippen molar-refractivity contribution in [2.75, 3.05) is 31.1 Å².